The number of carbonyl (C=O) groups excluding carboxylic acids is 1. The van der Waals surface area contributed by atoms with Gasteiger partial charge in [0.1, 0.15) is 11.6 Å². The Morgan fingerprint density at radius 2 is 1.57 bits per heavy atom. The maximum atomic E-state index is 13.8. The summed E-state index contributed by atoms with van der Waals surface area (Å²) in [6.45, 7) is 1.15. The van der Waals surface area contributed by atoms with Crippen LogP contribution in [0.3, 0.4) is 0 Å². The van der Waals surface area contributed by atoms with E-state index in [1.165, 1.54) is 12.1 Å². The summed E-state index contributed by atoms with van der Waals surface area (Å²) in [5.74, 6) is 0.251. The van der Waals surface area contributed by atoms with Crippen LogP contribution in [0, 0.1) is 5.82 Å². The molecule has 0 saturated heterocycles. The summed E-state index contributed by atoms with van der Waals surface area (Å²) in [4.78, 5) is 13.1. The first-order chi connectivity index (χ1) is 18.1. The molecule has 0 fully saturated rings. The number of rotatable bonds is 9. The van der Waals surface area contributed by atoms with E-state index in [0.717, 1.165) is 38.9 Å². The van der Waals surface area contributed by atoms with E-state index in [1.807, 2.05) is 54.6 Å². The molecule has 1 amide bonds. The number of hydrogen-bond donors (Lipinski definition) is 1. The molecule has 186 valence electrons. The molecule has 0 saturated carbocycles. The quantitative estimate of drug-likeness (QED) is 0.250. The fourth-order valence-corrected chi connectivity index (χ4v) is 4.77. The molecular weight excluding hydrogens is 463 g/mol. The topological polar surface area (TPSA) is 43.3 Å². The summed E-state index contributed by atoms with van der Waals surface area (Å²) in [6.07, 6.45) is 2.39. The maximum absolute atomic E-state index is 13.8. The third-order valence-electron chi connectivity index (χ3n) is 6.70. The van der Waals surface area contributed by atoms with Crippen molar-refractivity contribution in [3.05, 3.63) is 137 Å². The van der Waals surface area contributed by atoms with Gasteiger partial charge in [-0.05, 0) is 52.6 Å². The van der Waals surface area contributed by atoms with Crippen LogP contribution in [0.1, 0.15) is 34.6 Å². The number of para-hydroxylation sites is 1. The predicted molar refractivity (Wildman–Crippen MR) is 145 cm³/mol. The normalized spacial score (nSPS) is 11.8. The minimum absolute atomic E-state index is 0.0508. The van der Waals surface area contributed by atoms with Gasteiger partial charge < -0.3 is 14.6 Å². The van der Waals surface area contributed by atoms with E-state index in [0.29, 0.717) is 13.1 Å². The van der Waals surface area contributed by atoms with Gasteiger partial charge in [0.2, 0.25) is 5.91 Å². The Kier molecular flexibility index (Phi) is 7.31. The summed E-state index contributed by atoms with van der Waals surface area (Å²) >= 11 is 0. The fraction of sp³-hybridized carbons (Fsp3) is 0.156. The number of aromatic nitrogens is 1. The number of methoxy groups -OCH3 is 1. The Balaban J connectivity index is 1.48. The van der Waals surface area contributed by atoms with E-state index < -0.39 is 0 Å². The van der Waals surface area contributed by atoms with Crippen molar-refractivity contribution in [3.8, 4) is 5.75 Å². The summed E-state index contributed by atoms with van der Waals surface area (Å²) in [5, 5.41) is 4.14. The SMILES string of the molecule is COc1ccc(Cn2cc([C@H](CC(=O)NCc3ccccc3)c3ccc(F)cc3)c3ccccc32)cc1. The number of halogens is 1. The molecule has 4 nitrogen and oxygen atoms in total. The number of carbonyl (C=O) groups is 1. The number of fused-ring (bicyclic) bond motifs is 1. The van der Waals surface area contributed by atoms with Gasteiger partial charge in [0.15, 0.2) is 0 Å². The van der Waals surface area contributed by atoms with Gasteiger partial charge >= 0.3 is 0 Å². The van der Waals surface area contributed by atoms with Gasteiger partial charge in [-0.2, -0.15) is 0 Å². The first-order valence-electron chi connectivity index (χ1n) is 12.4. The molecule has 0 aliphatic rings. The molecule has 37 heavy (non-hydrogen) atoms. The van der Waals surface area contributed by atoms with Gasteiger partial charge in [-0.3, -0.25) is 4.79 Å². The van der Waals surface area contributed by atoms with Crippen LogP contribution in [0.4, 0.5) is 4.39 Å². The molecule has 1 aromatic heterocycles. The van der Waals surface area contributed by atoms with E-state index in [-0.39, 0.29) is 24.1 Å². The van der Waals surface area contributed by atoms with Crippen LogP contribution < -0.4 is 10.1 Å². The molecule has 5 aromatic rings. The summed E-state index contributed by atoms with van der Waals surface area (Å²) in [6, 6.07) is 32.6. The highest BCUT2D eigenvalue weighted by molar-refractivity contribution is 5.86. The molecule has 0 aliphatic carbocycles. The lowest BCUT2D eigenvalue weighted by atomic mass is 9.88. The average molecular weight is 493 g/mol. The second-order valence-corrected chi connectivity index (χ2v) is 9.15. The van der Waals surface area contributed by atoms with Gasteiger partial charge in [0.25, 0.3) is 0 Å². The van der Waals surface area contributed by atoms with E-state index >= 15 is 0 Å². The zero-order chi connectivity index (χ0) is 25.6. The monoisotopic (exact) mass is 492 g/mol. The molecule has 5 heteroatoms. The largest absolute Gasteiger partial charge is 0.497 e. The van der Waals surface area contributed by atoms with Gasteiger partial charge in [0, 0.05) is 42.5 Å². The van der Waals surface area contributed by atoms with Gasteiger partial charge in [0.05, 0.1) is 7.11 Å². The highest BCUT2D eigenvalue weighted by Gasteiger charge is 2.23. The average Bonchev–Trinajstić information content (AvgIpc) is 3.30. The fourth-order valence-electron chi connectivity index (χ4n) is 4.77. The number of nitrogens with one attached hydrogen (secondary N) is 1. The molecule has 0 unspecified atom stereocenters. The molecule has 0 bridgehead atoms. The molecule has 0 aliphatic heterocycles. The van der Waals surface area contributed by atoms with Crippen LogP contribution in [-0.4, -0.2) is 17.6 Å². The molecule has 4 aromatic carbocycles. The van der Waals surface area contributed by atoms with Crippen molar-refractivity contribution in [2.45, 2.75) is 25.4 Å². The van der Waals surface area contributed by atoms with Crippen LogP contribution in [-0.2, 0) is 17.9 Å². The highest BCUT2D eigenvalue weighted by atomic mass is 19.1. The maximum Gasteiger partial charge on any atom is 0.221 e. The first-order valence-corrected chi connectivity index (χ1v) is 12.4. The molecular formula is C32H29FN2O2. The van der Waals surface area contributed by atoms with Gasteiger partial charge in [-0.25, -0.2) is 4.39 Å². The predicted octanol–water partition coefficient (Wildman–Crippen LogP) is 6.68. The number of ether oxygens (including phenoxy) is 1. The summed E-state index contributed by atoms with van der Waals surface area (Å²) in [7, 11) is 1.66. The Morgan fingerprint density at radius 3 is 2.30 bits per heavy atom. The molecule has 0 spiro atoms. The van der Waals surface area contributed by atoms with E-state index in [9.17, 15) is 9.18 Å². The van der Waals surface area contributed by atoms with E-state index in [4.69, 9.17) is 4.74 Å². The van der Waals surface area contributed by atoms with Crippen LogP contribution in [0.2, 0.25) is 0 Å². The molecule has 1 N–H and O–H groups in total. The lowest BCUT2D eigenvalue weighted by Gasteiger charge is -2.17. The molecule has 5 rings (SSSR count). The van der Waals surface area contributed by atoms with Crippen LogP contribution in [0.5, 0.6) is 5.75 Å². The molecule has 1 heterocycles. The van der Waals surface area contributed by atoms with E-state index in [2.05, 4.69) is 40.3 Å². The standard InChI is InChI=1S/C32H29FN2O2/c1-37-27-17-11-24(12-18-27)21-35-22-30(28-9-5-6-10-31(28)35)29(25-13-15-26(33)16-14-25)19-32(36)34-20-23-7-3-2-4-8-23/h2-18,22,29H,19-21H2,1H3,(H,34,36)/t29-/m1/s1. The van der Waals surface area contributed by atoms with Crippen molar-refractivity contribution in [1.29, 1.82) is 0 Å². The Hall–Kier alpha value is -4.38. The number of benzene rings is 4. The van der Waals surface area contributed by atoms with Gasteiger partial charge in [-0.1, -0.05) is 72.8 Å². The van der Waals surface area contributed by atoms with Crippen molar-refractivity contribution in [2.24, 2.45) is 0 Å². The summed E-state index contributed by atoms with van der Waals surface area (Å²) < 4.78 is 21.3. The minimum atomic E-state index is -0.294. The lowest BCUT2D eigenvalue weighted by molar-refractivity contribution is -0.121. The first kappa shape index (κ1) is 24.3. The zero-order valence-corrected chi connectivity index (χ0v) is 20.7. The molecule has 0 radical (unpaired) electrons. The van der Waals surface area contributed by atoms with Crippen molar-refractivity contribution in [2.75, 3.05) is 7.11 Å². The highest BCUT2D eigenvalue weighted by Crippen LogP contribution is 2.35. The van der Waals surface area contributed by atoms with Crippen molar-refractivity contribution >= 4 is 16.8 Å². The summed E-state index contributed by atoms with van der Waals surface area (Å²) in [5.41, 5.74) is 5.23. The van der Waals surface area contributed by atoms with Crippen molar-refractivity contribution in [1.82, 2.24) is 9.88 Å². The van der Waals surface area contributed by atoms with Crippen LogP contribution in [0.25, 0.3) is 10.9 Å². The zero-order valence-electron chi connectivity index (χ0n) is 20.7. The van der Waals surface area contributed by atoms with Crippen LogP contribution >= 0.6 is 0 Å². The number of amides is 1. The number of nitrogens with zero attached hydrogens (tertiary/aromatic N) is 1. The Labute approximate surface area is 216 Å². The lowest BCUT2D eigenvalue weighted by Crippen LogP contribution is -2.25. The van der Waals surface area contributed by atoms with Crippen molar-refractivity contribution < 1.29 is 13.9 Å². The smallest absolute Gasteiger partial charge is 0.221 e. The minimum Gasteiger partial charge on any atom is -0.497 e. The Morgan fingerprint density at radius 1 is 0.865 bits per heavy atom. The van der Waals surface area contributed by atoms with Gasteiger partial charge in [-0.15, -0.1) is 0 Å². The third-order valence-corrected chi connectivity index (χ3v) is 6.70. The second kappa shape index (κ2) is 11.1. The van der Waals surface area contributed by atoms with E-state index in [1.54, 1.807) is 19.2 Å². The van der Waals surface area contributed by atoms with Crippen LogP contribution in [0.15, 0.2) is 109 Å². The molecule has 1 atom stereocenters. The second-order valence-electron chi connectivity index (χ2n) is 9.15. The number of hydrogen-bond acceptors (Lipinski definition) is 2. The Bertz CT molecular complexity index is 1480. The third kappa shape index (κ3) is 5.72. The van der Waals surface area contributed by atoms with Crippen molar-refractivity contribution in [3.63, 3.8) is 0 Å².